The number of hydrogen-bond donors (Lipinski definition) is 0. The largest absolute Gasteiger partial charge is 0.253 e. The van der Waals surface area contributed by atoms with E-state index < -0.39 is 0 Å². The first-order valence-corrected chi connectivity index (χ1v) is 2.00. The molecule has 0 aromatic heterocycles. The lowest BCUT2D eigenvalue weighted by Gasteiger charge is -1.66. The van der Waals surface area contributed by atoms with Crippen molar-refractivity contribution >= 4 is 13.1 Å². The zero-order valence-electron chi connectivity index (χ0n) is 4.33. The van der Waals surface area contributed by atoms with Crippen LogP contribution in [0.1, 0.15) is 6.92 Å². The van der Waals surface area contributed by atoms with Crippen LogP contribution in [0.15, 0.2) is 22.3 Å². The van der Waals surface area contributed by atoms with Gasteiger partial charge in [0.15, 0.2) is 0 Å². The van der Waals surface area contributed by atoms with Gasteiger partial charge in [-0.25, -0.2) is 4.99 Å². The third-order valence-corrected chi connectivity index (χ3v) is 0.383. The molecule has 0 saturated carbocycles. The van der Waals surface area contributed by atoms with Gasteiger partial charge in [-0.05, 0) is 13.6 Å². The predicted octanol–water partition coefficient (Wildman–Crippen LogP) is 1.25. The molecular weight excluding hydrogens is 88.1 g/mol. The molecule has 0 heterocycles. The Morgan fingerprint density at radius 3 is 2.71 bits per heavy atom. The molecule has 0 amide bonds. The minimum Gasteiger partial charge on any atom is -0.253 e. The Morgan fingerprint density at radius 1 is 1.57 bits per heavy atom. The van der Waals surface area contributed by atoms with E-state index in [0.717, 1.165) is 0 Å². The van der Waals surface area contributed by atoms with Crippen LogP contribution in [0, 0.1) is 0 Å². The van der Waals surface area contributed by atoms with Gasteiger partial charge in [-0.1, -0.05) is 6.08 Å². The third-order valence-electron chi connectivity index (χ3n) is 0.383. The van der Waals surface area contributed by atoms with Crippen LogP contribution in [0.4, 0.5) is 0 Å². The normalized spacial score (nSPS) is 11.0. The molecule has 0 fully saturated rings. The first kappa shape index (κ1) is 6.08. The smallest absolute Gasteiger partial charge is 0.114 e. The van der Waals surface area contributed by atoms with Crippen molar-refractivity contribution in [2.45, 2.75) is 6.92 Å². The molecule has 0 atom stereocenters. The Kier molecular flexibility index (Phi) is 4.41. The second-order valence-corrected chi connectivity index (χ2v) is 0.930. The summed E-state index contributed by atoms with van der Waals surface area (Å²) in [5, 5.41) is 0. The molecule has 0 aliphatic rings. The summed E-state index contributed by atoms with van der Waals surface area (Å²) in [7, 11) is 0. The highest BCUT2D eigenvalue weighted by atomic mass is 14.8. The lowest BCUT2D eigenvalue weighted by atomic mass is 10.7. The van der Waals surface area contributed by atoms with Crippen molar-refractivity contribution in [3.8, 4) is 0 Å². The van der Waals surface area contributed by atoms with Crippen LogP contribution < -0.4 is 0 Å². The predicted molar refractivity (Wildman–Crippen MR) is 32.9 cm³/mol. The Hall–Kier alpha value is -0.920. The number of rotatable bonds is 2. The van der Waals surface area contributed by atoms with Crippen molar-refractivity contribution in [2.24, 2.45) is 9.98 Å². The summed E-state index contributed by atoms with van der Waals surface area (Å²) in [6.07, 6.45) is 4.86. The lowest BCUT2D eigenvalue weighted by Crippen LogP contribution is -1.55. The molecule has 0 saturated heterocycles. The van der Waals surface area contributed by atoms with Crippen LogP contribution >= 0.6 is 0 Å². The average Bonchev–Trinajstić information content (AvgIpc) is 1.69. The van der Waals surface area contributed by atoms with Gasteiger partial charge < -0.3 is 0 Å². The van der Waals surface area contributed by atoms with Gasteiger partial charge in [0, 0.05) is 6.20 Å². The van der Waals surface area contributed by atoms with Crippen molar-refractivity contribution in [3.63, 3.8) is 0 Å². The molecule has 0 aliphatic heterocycles. The van der Waals surface area contributed by atoms with Crippen LogP contribution in [-0.4, -0.2) is 13.1 Å². The van der Waals surface area contributed by atoms with E-state index in [9.17, 15) is 0 Å². The molecule has 2 nitrogen and oxygen atoms in total. The number of aliphatic imine (C=N–C) groups is 2. The molecule has 7 heavy (non-hydrogen) atoms. The molecular formula is C5H8N2. The second-order valence-electron chi connectivity index (χ2n) is 0.930. The number of allylic oxidation sites excluding steroid dienone is 1. The summed E-state index contributed by atoms with van der Waals surface area (Å²) in [5.74, 6) is 0. The van der Waals surface area contributed by atoms with Crippen molar-refractivity contribution < 1.29 is 0 Å². The Bertz CT molecular complexity index is 92.3. The molecule has 0 unspecified atom stereocenters. The summed E-state index contributed by atoms with van der Waals surface area (Å²) in [4.78, 5) is 7.05. The van der Waals surface area contributed by atoms with Crippen LogP contribution in [-0.2, 0) is 0 Å². The molecule has 0 N–H and O–H groups in total. The zero-order chi connectivity index (χ0) is 5.54. The highest BCUT2D eigenvalue weighted by molar-refractivity contribution is 5.62. The SMILES string of the molecule is C=NC=NC=CC. The van der Waals surface area contributed by atoms with E-state index in [4.69, 9.17) is 0 Å². The molecule has 38 valence electrons. The maximum absolute atomic E-state index is 3.67. The van der Waals surface area contributed by atoms with Gasteiger partial charge in [0.2, 0.25) is 0 Å². The van der Waals surface area contributed by atoms with E-state index >= 15 is 0 Å². The molecule has 2 heteroatoms. The van der Waals surface area contributed by atoms with Crippen molar-refractivity contribution in [1.82, 2.24) is 0 Å². The summed E-state index contributed by atoms with van der Waals surface area (Å²) >= 11 is 0. The minimum absolute atomic E-state index is 1.39. The van der Waals surface area contributed by atoms with E-state index in [1.807, 2.05) is 13.0 Å². The summed E-state index contributed by atoms with van der Waals surface area (Å²) < 4.78 is 0. The Labute approximate surface area is 43.3 Å². The van der Waals surface area contributed by atoms with Gasteiger partial charge in [-0.2, -0.15) is 0 Å². The standard InChI is InChI=1S/C5H8N2/c1-3-4-7-5-6-2/h3-5H,2H2,1H3. The van der Waals surface area contributed by atoms with E-state index in [1.165, 1.54) is 6.34 Å². The van der Waals surface area contributed by atoms with Gasteiger partial charge in [0.1, 0.15) is 6.34 Å². The maximum Gasteiger partial charge on any atom is 0.114 e. The molecule has 0 aliphatic carbocycles. The van der Waals surface area contributed by atoms with Gasteiger partial charge in [-0.3, -0.25) is 4.99 Å². The maximum atomic E-state index is 3.67. The quantitative estimate of drug-likeness (QED) is 0.365. The van der Waals surface area contributed by atoms with E-state index in [2.05, 4.69) is 16.7 Å². The number of nitrogens with zero attached hydrogens (tertiary/aromatic N) is 2. The monoisotopic (exact) mass is 96.1 g/mol. The fraction of sp³-hybridized carbons (Fsp3) is 0.200. The molecule has 0 radical (unpaired) electrons. The van der Waals surface area contributed by atoms with Crippen LogP contribution in [0.5, 0.6) is 0 Å². The Morgan fingerprint density at radius 2 is 2.29 bits per heavy atom. The van der Waals surface area contributed by atoms with E-state index in [-0.39, 0.29) is 0 Å². The van der Waals surface area contributed by atoms with Crippen LogP contribution in [0.25, 0.3) is 0 Å². The van der Waals surface area contributed by atoms with Crippen molar-refractivity contribution in [1.29, 1.82) is 0 Å². The van der Waals surface area contributed by atoms with Crippen molar-refractivity contribution in [3.05, 3.63) is 12.3 Å². The lowest BCUT2D eigenvalue weighted by molar-refractivity contribution is 1.52. The van der Waals surface area contributed by atoms with Gasteiger partial charge in [0.05, 0.1) is 0 Å². The average molecular weight is 96.1 g/mol. The highest BCUT2D eigenvalue weighted by Crippen LogP contribution is 1.68. The van der Waals surface area contributed by atoms with Crippen molar-refractivity contribution in [2.75, 3.05) is 0 Å². The van der Waals surface area contributed by atoms with E-state index in [1.54, 1.807) is 6.20 Å². The van der Waals surface area contributed by atoms with Gasteiger partial charge in [0.25, 0.3) is 0 Å². The van der Waals surface area contributed by atoms with Crippen LogP contribution in [0.3, 0.4) is 0 Å². The molecule has 0 rings (SSSR count). The summed E-state index contributed by atoms with van der Waals surface area (Å²) in [5.41, 5.74) is 0. The molecule has 0 bridgehead atoms. The fourth-order valence-corrected chi connectivity index (χ4v) is 0.172. The highest BCUT2D eigenvalue weighted by Gasteiger charge is 1.52. The minimum atomic E-state index is 1.39. The van der Waals surface area contributed by atoms with Gasteiger partial charge in [-0.15, -0.1) is 0 Å². The topological polar surface area (TPSA) is 24.7 Å². The van der Waals surface area contributed by atoms with E-state index in [0.29, 0.717) is 0 Å². The molecule has 0 aromatic carbocycles. The summed E-state index contributed by atoms with van der Waals surface area (Å²) in [6.45, 7) is 5.09. The Balaban J connectivity index is 3.27. The first-order chi connectivity index (χ1) is 3.41. The fourth-order valence-electron chi connectivity index (χ4n) is 0.172. The van der Waals surface area contributed by atoms with Crippen LogP contribution in [0.2, 0.25) is 0 Å². The summed E-state index contributed by atoms with van der Waals surface area (Å²) in [6, 6.07) is 0. The third kappa shape index (κ3) is 5.08. The second kappa shape index (κ2) is 5.08. The first-order valence-electron chi connectivity index (χ1n) is 2.00. The molecule has 0 spiro atoms. The zero-order valence-corrected chi connectivity index (χ0v) is 4.33. The van der Waals surface area contributed by atoms with Gasteiger partial charge >= 0.3 is 0 Å². The molecule has 0 aromatic rings. The number of hydrogen-bond acceptors (Lipinski definition) is 1.